The second-order valence-corrected chi connectivity index (χ2v) is 5.96. The normalized spacial score (nSPS) is 18.3. The van der Waals surface area contributed by atoms with E-state index in [0.717, 1.165) is 12.8 Å². The van der Waals surface area contributed by atoms with Gasteiger partial charge < -0.3 is 14.2 Å². The molecule has 0 amide bonds. The summed E-state index contributed by atoms with van der Waals surface area (Å²) < 4.78 is 53.2. The van der Waals surface area contributed by atoms with Gasteiger partial charge in [0, 0.05) is 5.56 Å². The molecule has 0 spiro atoms. The summed E-state index contributed by atoms with van der Waals surface area (Å²) in [5.41, 5.74) is 0.292. The van der Waals surface area contributed by atoms with E-state index in [1.807, 2.05) is 6.08 Å². The lowest BCUT2D eigenvalue weighted by Gasteiger charge is -2.18. The first-order valence-corrected chi connectivity index (χ1v) is 7.78. The molecule has 0 aliphatic heterocycles. The molecule has 1 aromatic carbocycles. The Balaban J connectivity index is 1.74. The topological polar surface area (TPSA) is 27.7 Å². The van der Waals surface area contributed by atoms with Gasteiger partial charge in [-0.15, -0.1) is 13.2 Å². The highest BCUT2D eigenvalue weighted by molar-refractivity contribution is 5.53. The average Bonchev–Trinajstić information content (AvgIpc) is 3.34. The molecule has 3 rings (SSSR count). The fourth-order valence-electron chi connectivity index (χ4n) is 2.18. The monoisotopic (exact) mass is 328 g/mol. The lowest BCUT2D eigenvalue weighted by molar-refractivity contribution is -0.275. The molecule has 0 atom stereocenters. The third-order valence-corrected chi connectivity index (χ3v) is 3.72. The molecule has 2 aliphatic carbocycles. The minimum absolute atomic E-state index is 0.0155. The summed E-state index contributed by atoms with van der Waals surface area (Å²) in [7, 11) is 0. The second-order valence-electron chi connectivity index (χ2n) is 5.96. The minimum atomic E-state index is -4.77. The first-order valence-electron chi connectivity index (χ1n) is 7.78. The zero-order valence-corrected chi connectivity index (χ0v) is 12.9. The SMILES string of the molecule is Cc1c(OC/C=C/C2CC2)ccc(OC2CC2)c1OC(F)(F)F. The van der Waals surface area contributed by atoms with E-state index >= 15 is 0 Å². The van der Waals surface area contributed by atoms with Gasteiger partial charge in [-0.05, 0) is 50.7 Å². The van der Waals surface area contributed by atoms with Crippen molar-refractivity contribution in [2.45, 2.75) is 45.1 Å². The molecule has 2 aliphatic rings. The molecular formula is C17H19F3O3. The molecule has 0 aromatic heterocycles. The smallest absolute Gasteiger partial charge is 0.489 e. The number of hydrogen-bond donors (Lipinski definition) is 0. The summed E-state index contributed by atoms with van der Waals surface area (Å²) in [4.78, 5) is 0. The van der Waals surface area contributed by atoms with Crippen LogP contribution in [0.1, 0.15) is 31.2 Å². The predicted molar refractivity (Wildman–Crippen MR) is 78.9 cm³/mol. The largest absolute Gasteiger partial charge is 0.573 e. The van der Waals surface area contributed by atoms with Gasteiger partial charge in [-0.3, -0.25) is 0 Å². The lowest BCUT2D eigenvalue weighted by Crippen LogP contribution is -2.19. The molecule has 6 heteroatoms. The van der Waals surface area contributed by atoms with E-state index in [-0.39, 0.29) is 17.6 Å². The Kier molecular flexibility index (Phi) is 4.41. The number of halogens is 3. The molecular weight excluding hydrogens is 309 g/mol. The van der Waals surface area contributed by atoms with Crippen LogP contribution in [0.2, 0.25) is 0 Å². The van der Waals surface area contributed by atoms with Crippen LogP contribution >= 0.6 is 0 Å². The van der Waals surface area contributed by atoms with Gasteiger partial charge >= 0.3 is 6.36 Å². The highest BCUT2D eigenvalue weighted by Gasteiger charge is 2.35. The van der Waals surface area contributed by atoms with Gasteiger partial charge in [0.2, 0.25) is 0 Å². The van der Waals surface area contributed by atoms with E-state index in [2.05, 4.69) is 10.8 Å². The van der Waals surface area contributed by atoms with Crippen LogP contribution in [-0.4, -0.2) is 19.1 Å². The van der Waals surface area contributed by atoms with E-state index in [4.69, 9.17) is 9.47 Å². The molecule has 0 heterocycles. The van der Waals surface area contributed by atoms with Gasteiger partial charge in [0.05, 0.1) is 6.10 Å². The van der Waals surface area contributed by atoms with Gasteiger partial charge in [-0.1, -0.05) is 12.2 Å². The highest BCUT2D eigenvalue weighted by Crippen LogP contribution is 2.42. The Morgan fingerprint density at radius 2 is 1.83 bits per heavy atom. The number of benzene rings is 1. The maximum Gasteiger partial charge on any atom is 0.573 e. The minimum Gasteiger partial charge on any atom is -0.489 e. The highest BCUT2D eigenvalue weighted by atomic mass is 19.4. The van der Waals surface area contributed by atoms with Crippen LogP contribution in [0.4, 0.5) is 13.2 Å². The van der Waals surface area contributed by atoms with E-state index < -0.39 is 6.36 Å². The Hall–Kier alpha value is -1.85. The molecule has 0 saturated heterocycles. The molecule has 2 fully saturated rings. The molecule has 0 bridgehead atoms. The van der Waals surface area contributed by atoms with Gasteiger partial charge in [0.25, 0.3) is 0 Å². The molecule has 23 heavy (non-hydrogen) atoms. The fourth-order valence-corrected chi connectivity index (χ4v) is 2.18. The van der Waals surface area contributed by atoms with Crippen molar-refractivity contribution >= 4 is 0 Å². The Morgan fingerprint density at radius 3 is 2.43 bits per heavy atom. The maximum absolute atomic E-state index is 12.7. The summed E-state index contributed by atoms with van der Waals surface area (Å²) in [6, 6.07) is 3.10. The summed E-state index contributed by atoms with van der Waals surface area (Å²) in [6.45, 7) is 1.87. The van der Waals surface area contributed by atoms with Gasteiger partial charge in [0.15, 0.2) is 11.5 Å². The summed E-state index contributed by atoms with van der Waals surface area (Å²) in [5, 5.41) is 0. The van der Waals surface area contributed by atoms with E-state index in [9.17, 15) is 13.2 Å². The van der Waals surface area contributed by atoms with Crippen LogP contribution < -0.4 is 14.2 Å². The van der Waals surface area contributed by atoms with Gasteiger partial charge in [-0.2, -0.15) is 0 Å². The Morgan fingerprint density at radius 1 is 1.13 bits per heavy atom. The number of rotatable bonds is 7. The van der Waals surface area contributed by atoms with Crippen LogP contribution in [0.3, 0.4) is 0 Å². The number of ether oxygens (including phenoxy) is 3. The number of allylic oxidation sites excluding steroid dienone is 1. The lowest BCUT2D eigenvalue weighted by atomic mass is 10.2. The second kappa shape index (κ2) is 6.34. The third-order valence-electron chi connectivity index (χ3n) is 3.72. The van der Waals surface area contributed by atoms with Crippen molar-refractivity contribution in [3.05, 3.63) is 29.8 Å². The molecule has 0 radical (unpaired) electrons. The van der Waals surface area contributed by atoms with E-state index in [1.165, 1.54) is 18.9 Å². The van der Waals surface area contributed by atoms with Crippen LogP contribution in [0.15, 0.2) is 24.3 Å². The quantitative estimate of drug-likeness (QED) is 0.674. The van der Waals surface area contributed by atoms with Crippen molar-refractivity contribution in [2.24, 2.45) is 5.92 Å². The zero-order chi connectivity index (χ0) is 16.4. The van der Waals surface area contributed by atoms with Crippen molar-refractivity contribution in [1.29, 1.82) is 0 Å². The van der Waals surface area contributed by atoms with Gasteiger partial charge in [0.1, 0.15) is 12.4 Å². The summed E-state index contributed by atoms with van der Waals surface area (Å²) in [6.07, 6.45) is 3.31. The molecule has 1 aromatic rings. The van der Waals surface area contributed by atoms with Crippen molar-refractivity contribution in [1.82, 2.24) is 0 Å². The number of hydrogen-bond acceptors (Lipinski definition) is 3. The molecule has 126 valence electrons. The van der Waals surface area contributed by atoms with Crippen molar-refractivity contribution < 1.29 is 27.4 Å². The third kappa shape index (κ3) is 4.81. The van der Waals surface area contributed by atoms with Crippen LogP contribution in [-0.2, 0) is 0 Å². The number of alkyl halides is 3. The van der Waals surface area contributed by atoms with Crippen molar-refractivity contribution in [3.8, 4) is 17.2 Å². The van der Waals surface area contributed by atoms with Crippen LogP contribution in [0.5, 0.6) is 17.2 Å². The van der Waals surface area contributed by atoms with E-state index in [0.29, 0.717) is 23.8 Å². The van der Waals surface area contributed by atoms with Crippen molar-refractivity contribution in [3.63, 3.8) is 0 Å². The molecule has 2 saturated carbocycles. The Labute approximate surface area is 133 Å². The Bertz CT molecular complexity index is 587. The molecule has 0 N–H and O–H groups in total. The van der Waals surface area contributed by atoms with Crippen LogP contribution in [0, 0.1) is 12.8 Å². The molecule has 0 unspecified atom stereocenters. The fraction of sp³-hybridized carbons (Fsp3) is 0.529. The summed E-state index contributed by atoms with van der Waals surface area (Å²) >= 11 is 0. The van der Waals surface area contributed by atoms with Crippen LogP contribution in [0.25, 0.3) is 0 Å². The van der Waals surface area contributed by atoms with Crippen molar-refractivity contribution in [2.75, 3.05) is 6.61 Å². The summed E-state index contributed by atoms with van der Waals surface area (Å²) in [5.74, 6) is 0.808. The maximum atomic E-state index is 12.7. The first-order chi connectivity index (χ1) is 10.9. The average molecular weight is 328 g/mol. The standard InChI is InChI=1S/C17H19F3O3/c1-11-14(21-10-2-3-12-4-5-12)8-9-15(22-13-6-7-13)16(11)23-17(18,19)20/h2-3,8-9,12-13H,4-7,10H2,1H3/b3-2+. The zero-order valence-electron chi connectivity index (χ0n) is 12.9. The van der Waals surface area contributed by atoms with E-state index in [1.54, 1.807) is 13.0 Å². The predicted octanol–water partition coefficient (Wildman–Crippen LogP) is 4.78. The molecule has 3 nitrogen and oxygen atoms in total. The first kappa shape index (κ1) is 16.0. The van der Waals surface area contributed by atoms with Gasteiger partial charge in [-0.25, -0.2) is 0 Å².